The average Bonchev–Trinajstić information content (AvgIpc) is 3.01. The van der Waals surface area contributed by atoms with Crippen LogP contribution in [-0.2, 0) is 0 Å². The van der Waals surface area contributed by atoms with Gasteiger partial charge in [0.15, 0.2) is 0 Å². The predicted molar refractivity (Wildman–Crippen MR) is 171 cm³/mol. The normalized spacial score (nSPS) is 33.5. The lowest BCUT2D eigenvalue weighted by atomic mass is 9.68. The molecule has 0 spiro atoms. The van der Waals surface area contributed by atoms with Gasteiger partial charge in [-0.3, -0.25) is 0 Å². The summed E-state index contributed by atoms with van der Waals surface area (Å²) in [6.45, 7) is 4.64. The first kappa shape index (κ1) is 30.4. The Morgan fingerprint density at radius 3 is 1.75 bits per heavy atom. The molecule has 0 nitrogen and oxygen atoms in total. The number of hydrogen-bond acceptors (Lipinski definition) is 0. The van der Waals surface area contributed by atoms with Crippen molar-refractivity contribution >= 4 is 5.57 Å². The topological polar surface area (TPSA) is 0 Å². The third-order valence-corrected chi connectivity index (χ3v) is 12.3. The molecular weight excluding hydrogens is 487 g/mol. The highest BCUT2D eigenvalue weighted by Crippen LogP contribution is 2.46. The Balaban J connectivity index is 1.06. The first-order chi connectivity index (χ1) is 19.6. The summed E-state index contributed by atoms with van der Waals surface area (Å²) >= 11 is 0. The highest BCUT2D eigenvalue weighted by Gasteiger charge is 2.32. The van der Waals surface area contributed by atoms with Crippen LogP contribution in [0.5, 0.6) is 0 Å². The van der Waals surface area contributed by atoms with Crippen molar-refractivity contribution in [3.63, 3.8) is 0 Å². The summed E-state index contributed by atoms with van der Waals surface area (Å²) in [5.74, 6) is 6.28. The van der Waals surface area contributed by atoms with Gasteiger partial charge < -0.3 is 0 Å². The Morgan fingerprint density at radius 2 is 1.20 bits per heavy atom. The lowest BCUT2D eigenvalue weighted by Crippen LogP contribution is -2.25. The average molecular weight is 549 g/mol. The standard InChI is InChI=1S/C39H61F/c1-3-5-7-9-30-12-16-31(17-13-30)33-18-20-35(21-19-33)37-26-27-38(39(40)28-37)36-24-22-34(23-25-36)32-14-10-29(11-15-32)8-6-4-2/h24,26-35H,3-23,25H2,1-2H3. The number of hydrogen-bond donors (Lipinski definition) is 0. The molecule has 0 aliphatic heterocycles. The van der Waals surface area contributed by atoms with Crippen LogP contribution >= 0.6 is 0 Å². The first-order valence-electron chi connectivity index (χ1n) is 18.1. The van der Waals surface area contributed by atoms with Crippen LogP contribution in [0, 0.1) is 41.3 Å². The molecule has 1 unspecified atom stereocenters. The van der Waals surface area contributed by atoms with Crippen LogP contribution in [0.2, 0.25) is 0 Å². The highest BCUT2D eigenvalue weighted by molar-refractivity contribution is 5.67. The molecule has 5 rings (SSSR count). The SMILES string of the molecule is CCCCCC1CCC(C2CCC(c3ccc(C4=CCC(C5CCC(CCCC)CC5)CC4)c(F)c3)CC2)CC1. The van der Waals surface area contributed by atoms with Crippen molar-refractivity contribution in [3.05, 3.63) is 41.2 Å². The van der Waals surface area contributed by atoms with E-state index in [2.05, 4.69) is 32.1 Å². The van der Waals surface area contributed by atoms with Crippen LogP contribution in [0.3, 0.4) is 0 Å². The molecule has 0 aromatic heterocycles. The van der Waals surface area contributed by atoms with Crippen LogP contribution in [-0.4, -0.2) is 0 Å². The molecule has 0 heterocycles. The van der Waals surface area contributed by atoms with Gasteiger partial charge in [0.05, 0.1) is 0 Å². The van der Waals surface area contributed by atoms with Gasteiger partial charge in [-0.2, -0.15) is 0 Å². The summed E-state index contributed by atoms with van der Waals surface area (Å²) in [5, 5.41) is 0. The summed E-state index contributed by atoms with van der Waals surface area (Å²) in [6, 6.07) is 6.35. The molecule has 1 atom stereocenters. The van der Waals surface area contributed by atoms with Crippen LogP contribution in [0.4, 0.5) is 4.39 Å². The molecule has 224 valence electrons. The third-order valence-electron chi connectivity index (χ3n) is 12.3. The number of halogens is 1. The maximum Gasteiger partial charge on any atom is 0.130 e. The fraction of sp³-hybridized carbons (Fsp3) is 0.795. The molecule has 4 aliphatic carbocycles. The second-order valence-electron chi connectivity index (χ2n) is 14.8. The van der Waals surface area contributed by atoms with Crippen molar-refractivity contribution in [2.24, 2.45) is 35.5 Å². The van der Waals surface area contributed by atoms with Crippen LogP contribution in [0.1, 0.15) is 172 Å². The molecule has 0 amide bonds. The van der Waals surface area contributed by atoms with E-state index in [4.69, 9.17) is 0 Å². The second-order valence-corrected chi connectivity index (χ2v) is 14.8. The van der Waals surface area contributed by atoms with Gasteiger partial charge in [0.2, 0.25) is 0 Å². The van der Waals surface area contributed by atoms with Gasteiger partial charge in [-0.25, -0.2) is 4.39 Å². The molecule has 4 aliphatic rings. The Kier molecular flexibility index (Phi) is 11.7. The van der Waals surface area contributed by atoms with Gasteiger partial charge in [-0.05, 0) is 129 Å². The zero-order valence-electron chi connectivity index (χ0n) is 26.3. The lowest BCUT2D eigenvalue weighted by Gasteiger charge is -2.38. The van der Waals surface area contributed by atoms with Crippen molar-refractivity contribution < 1.29 is 4.39 Å². The summed E-state index contributed by atoms with van der Waals surface area (Å²) in [6.07, 6.45) is 32.8. The van der Waals surface area contributed by atoms with E-state index in [1.165, 1.54) is 146 Å². The second kappa shape index (κ2) is 15.4. The summed E-state index contributed by atoms with van der Waals surface area (Å²) in [7, 11) is 0. The monoisotopic (exact) mass is 548 g/mol. The largest absolute Gasteiger partial charge is 0.206 e. The fourth-order valence-corrected chi connectivity index (χ4v) is 9.57. The molecule has 1 aromatic carbocycles. The van der Waals surface area contributed by atoms with Crippen molar-refractivity contribution in [2.45, 2.75) is 161 Å². The molecule has 1 heteroatoms. The fourth-order valence-electron chi connectivity index (χ4n) is 9.57. The molecule has 40 heavy (non-hydrogen) atoms. The van der Waals surface area contributed by atoms with Crippen molar-refractivity contribution in [3.8, 4) is 0 Å². The van der Waals surface area contributed by atoms with Crippen LogP contribution < -0.4 is 0 Å². The van der Waals surface area contributed by atoms with Gasteiger partial charge in [-0.1, -0.05) is 103 Å². The van der Waals surface area contributed by atoms with E-state index in [-0.39, 0.29) is 5.82 Å². The smallest absolute Gasteiger partial charge is 0.130 e. The van der Waals surface area contributed by atoms with E-state index in [9.17, 15) is 0 Å². The zero-order valence-corrected chi connectivity index (χ0v) is 26.3. The molecule has 0 bridgehead atoms. The van der Waals surface area contributed by atoms with Crippen molar-refractivity contribution in [2.75, 3.05) is 0 Å². The van der Waals surface area contributed by atoms with Crippen molar-refractivity contribution in [1.29, 1.82) is 0 Å². The van der Waals surface area contributed by atoms with Gasteiger partial charge in [0, 0.05) is 5.56 Å². The number of rotatable bonds is 11. The number of allylic oxidation sites excluding steroid dienone is 2. The van der Waals surface area contributed by atoms with E-state index < -0.39 is 0 Å². The number of unbranched alkanes of at least 4 members (excludes halogenated alkanes) is 3. The van der Waals surface area contributed by atoms with Gasteiger partial charge in [0.1, 0.15) is 5.82 Å². The zero-order chi connectivity index (χ0) is 27.7. The number of benzene rings is 1. The maximum absolute atomic E-state index is 15.5. The van der Waals surface area contributed by atoms with Crippen molar-refractivity contribution in [1.82, 2.24) is 0 Å². The lowest BCUT2D eigenvalue weighted by molar-refractivity contribution is 0.155. The van der Waals surface area contributed by atoms with E-state index in [1.54, 1.807) is 0 Å². The minimum atomic E-state index is 0.0437. The Labute approximate surface area is 247 Å². The minimum absolute atomic E-state index is 0.0437. The van der Waals surface area contributed by atoms with E-state index >= 15 is 4.39 Å². The van der Waals surface area contributed by atoms with Gasteiger partial charge >= 0.3 is 0 Å². The van der Waals surface area contributed by atoms with Crippen LogP contribution in [0.25, 0.3) is 5.57 Å². The summed E-state index contributed by atoms with van der Waals surface area (Å²) in [4.78, 5) is 0. The predicted octanol–water partition coefficient (Wildman–Crippen LogP) is 12.7. The van der Waals surface area contributed by atoms with E-state index in [0.717, 1.165) is 47.5 Å². The molecule has 0 saturated heterocycles. The highest BCUT2D eigenvalue weighted by atomic mass is 19.1. The van der Waals surface area contributed by atoms with Crippen LogP contribution in [0.15, 0.2) is 24.3 Å². The van der Waals surface area contributed by atoms with E-state index in [0.29, 0.717) is 5.92 Å². The Bertz CT molecular complexity index is 905. The summed E-state index contributed by atoms with van der Waals surface area (Å²) in [5.41, 5.74) is 3.45. The Hall–Kier alpha value is -1.11. The van der Waals surface area contributed by atoms with Gasteiger partial charge in [0.25, 0.3) is 0 Å². The molecule has 0 radical (unpaired) electrons. The maximum atomic E-state index is 15.5. The molecule has 1 aromatic rings. The quantitative estimate of drug-likeness (QED) is 0.241. The first-order valence-corrected chi connectivity index (χ1v) is 18.1. The minimum Gasteiger partial charge on any atom is -0.206 e. The third kappa shape index (κ3) is 8.04. The Morgan fingerprint density at radius 1 is 0.625 bits per heavy atom. The molecule has 0 N–H and O–H groups in total. The summed E-state index contributed by atoms with van der Waals surface area (Å²) < 4.78 is 15.5. The van der Waals surface area contributed by atoms with Gasteiger partial charge in [-0.15, -0.1) is 0 Å². The molecular formula is C39H61F. The molecule has 3 fully saturated rings. The van der Waals surface area contributed by atoms with E-state index in [1.807, 2.05) is 6.07 Å². The molecule has 3 saturated carbocycles.